The van der Waals surface area contributed by atoms with Crippen LogP contribution in [-0.2, 0) is 0 Å². The molecule has 92 valence electrons. The number of methoxy groups -OCH3 is 1. The minimum Gasteiger partial charge on any atom is -0.497 e. The Labute approximate surface area is 104 Å². The minimum absolute atomic E-state index is 0.0403. The molecule has 1 heterocycles. The van der Waals surface area contributed by atoms with Gasteiger partial charge in [0.25, 0.3) is 0 Å². The van der Waals surface area contributed by atoms with Gasteiger partial charge < -0.3 is 16.2 Å². The van der Waals surface area contributed by atoms with Gasteiger partial charge in [-0.25, -0.2) is 4.98 Å². The van der Waals surface area contributed by atoms with E-state index in [-0.39, 0.29) is 5.96 Å². The summed E-state index contributed by atoms with van der Waals surface area (Å²) in [5.74, 6) is 1.14. The fourth-order valence-corrected chi connectivity index (χ4v) is 1.42. The molecular formula is C12H13N5O. The van der Waals surface area contributed by atoms with Crippen LogP contribution in [0.5, 0.6) is 5.75 Å². The second-order valence-electron chi connectivity index (χ2n) is 3.53. The zero-order valence-corrected chi connectivity index (χ0v) is 9.87. The Morgan fingerprint density at radius 2 is 1.83 bits per heavy atom. The minimum atomic E-state index is -0.0403. The van der Waals surface area contributed by atoms with Crippen LogP contribution in [0.1, 0.15) is 0 Å². The zero-order valence-electron chi connectivity index (χ0n) is 9.87. The van der Waals surface area contributed by atoms with Gasteiger partial charge in [-0.1, -0.05) is 0 Å². The third-order valence-electron chi connectivity index (χ3n) is 2.27. The number of rotatable bonds is 3. The van der Waals surface area contributed by atoms with Crippen LogP contribution in [0.2, 0.25) is 0 Å². The molecule has 0 saturated carbocycles. The number of benzene rings is 1. The summed E-state index contributed by atoms with van der Waals surface area (Å²) in [5.41, 5.74) is 12.2. The van der Waals surface area contributed by atoms with Crippen LogP contribution < -0.4 is 16.2 Å². The Balaban J connectivity index is 2.25. The van der Waals surface area contributed by atoms with Crippen LogP contribution in [0, 0.1) is 0 Å². The molecule has 0 aliphatic rings. The lowest BCUT2D eigenvalue weighted by atomic mass is 10.1. The molecule has 18 heavy (non-hydrogen) atoms. The van der Waals surface area contributed by atoms with E-state index in [1.807, 2.05) is 24.3 Å². The van der Waals surface area contributed by atoms with Crippen molar-refractivity contribution in [2.45, 2.75) is 0 Å². The quantitative estimate of drug-likeness (QED) is 0.620. The highest BCUT2D eigenvalue weighted by Gasteiger charge is 2.01. The van der Waals surface area contributed by atoms with Gasteiger partial charge >= 0.3 is 0 Å². The van der Waals surface area contributed by atoms with E-state index < -0.39 is 0 Å². The van der Waals surface area contributed by atoms with Crippen LogP contribution in [0.15, 0.2) is 41.7 Å². The summed E-state index contributed by atoms with van der Waals surface area (Å²) in [6, 6.07) is 7.54. The van der Waals surface area contributed by atoms with Crippen molar-refractivity contribution in [3.63, 3.8) is 0 Å². The molecule has 0 radical (unpaired) electrons. The SMILES string of the molecule is COc1ccc(-c2cnc(N=C(N)N)cn2)cc1. The van der Waals surface area contributed by atoms with E-state index in [0.717, 1.165) is 17.0 Å². The first-order valence-electron chi connectivity index (χ1n) is 5.25. The summed E-state index contributed by atoms with van der Waals surface area (Å²) in [5, 5.41) is 0. The lowest BCUT2D eigenvalue weighted by Crippen LogP contribution is -2.22. The van der Waals surface area contributed by atoms with E-state index in [9.17, 15) is 0 Å². The highest BCUT2D eigenvalue weighted by atomic mass is 16.5. The molecule has 0 amide bonds. The second-order valence-corrected chi connectivity index (χ2v) is 3.53. The summed E-state index contributed by atoms with van der Waals surface area (Å²) in [6.45, 7) is 0. The Morgan fingerprint density at radius 3 is 2.33 bits per heavy atom. The predicted molar refractivity (Wildman–Crippen MR) is 69.5 cm³/mol. The van der Waals surface area contributed by atoms with Crippen LogP contribution >= 0.6 is 0 Å². The van der Waals surface area contributed by atoms with Gasteiger partial charge in [0, 0.05) is 5.56 Å². The van der Waals surface area contributed by atoms with Gasteiger partial charge in [-0.2, -0.15) is 4.99 Å². The molecule has 0 bridgehead atoms. The fourth-order valence-electron chi connectivity index (χ4n) is 1.42. The standard InChI is InChI=1S/C12H13N5O/c1-18-9-4-2-8(3-5-9)10-6-16-11(7-15-10)17-12(13)14/h2-7H,1H3,(H4,13,14,16,17). The van der Waals surface area contributed by atoms with Gasteiger partial charge in [-0.3, -0.25) is 4.98 Å². The average Bonchev–Trinajstić information content (AvgIpc) is 2.39. The van der Waals surface area contributed by atoms with Crippen molar-refractivity contribution in [3.05, 3.63) is 36.7 Å². The topological polar surface area (TPSA) is 99.4 Å². The number of ether oxygens (including phenoxy) is 1. The number of nitrogens with zero attached hydrogens (tertiary/aromatic N) is 3. The summed E-state index contributed by atoms with van der Waals surface area (Å²) in [4.78, 5) is 12.1. The van der Waals surface area contributed by atoms with Crippen molar-refractivity contribution in [2.24, 2.45) is 16.5 Å². The van der Waals surface area contributed by atoms with Crippen molar-refractivity contribution in [1.29, 1.82) is 0 Å². The number of hydrogen-bond donors (Lipinski definition) is 2. The van der Waals surface area contributed by atoms with Crippen molar-refractivity contribution in [1.82, 2.24) is 9.97 Å². The molecule has 0 atom stereocenters. The van der Waals surface area contributed by atoms with Gasteiger partial charge in [0.2, 0.25) is 0 Å². The van der Waals surface area contributed by atoms with Crippen molar-refractivity contribution in [2.75, 3.05) is 7.11 Å². The zero-order chi connectivity index (χ0) is 13.0. The van der Waals surface area contributed by atoms with Crippen LogP contribution in [-0.4, -0.2) is 23.0 Å². The molecule has 1 aromatic carbocycles. The van der Waals surface area contributed by atoms with Gasteiger partial charge in [0.15, 0.2) is 11.8 Å². The predicted octanol–water partition coefficient (Wildman–Crippen LogP) is 1.06. The summed E-state index contributed by atoms with van der Waals surface area (Å²) >= 11 is 0. The lowest BCUT2D eigenvalue weighted by molar-refractivity contribution is 0.415. The first kappa shape index (κ1) is 11.8. The summed E-state index contributed by atoms with van der Waals surface area (Å²) in [6.07, 6.45) is 3.13. The maximum atomic E-state index is 5.25. The summed E-state index contributed by atoms with van der Waals surface area (Å²) in [7, 11) is 1.62. The van der Waals surface area contributed by atoms with Crippen LogP contribution in [0.3, 0.4) is 0 Å². The van der Waals surface area contributed by atoms with Gasteiger partial charge in [0.1, 0.15) is 5.75 Å². The Kier molecular flexibility index (Phi) is 3.38. The van der Waals surface area contributed by atoms with Crippen molar-refractivity contribution < 1.29 is 4.74 Å². The number of aromatic nitrogens is 2. The molecule has 2 rings (SSSR count). The Hall–Kier alpha value is -2.63. The molecular weight excluding hydrogens is 230 g/mol. The van der Waals surface area contributed by atoms with E-state index >= 15 is 0 Å². The molecule has 0 fully saturated rings. The molecule has 6 heteroatoms. The van der Waals surface area contributed by atoms with E-state index in [4.69, 9.17) is 16.2 Å². The van der Waals surface area contributed by atoms with Crippen molar-refractivity contribution in [3.8, 4) is 17.0 Å². The Bertz CT molecular complexity index is 544. The number of guanidine groups is 1. The lowest BCUT2D eigenvalue weighted by Gasteiger charge is -2.02. The van der Waals surface area contributed by atoms with E-state index in [1.165, 1.54) is 6.20 Å². The molecule has 1 aromatic heterocycles. The van der Waals surface area contributed by atoms with Gasteiger partial charge in [-0.15, -0.1) is 0 Å². The Morgan fingerprint density at radius 1 is 1.11 bits per heavy atom. The third-order valence-corrected chi connectivity index (χ3v) is 2.27. The van der Waals surface area contributed by atoms with E-state index in [0.29, 0.717) is 5.82 Å². The number of hydrogen-bond acceptors (Lipinski definition) is 4. The first-order valence-corrected chi connectivity index (χ1v) is 5.25. The third kappa shape index (κ3) is 2.73. The van der Waals surface area contributed by atoms with Gasteiger partial charge in [-0.05, 0) is 24.3 Å². The molecule has 0 unspecified atom stereocenters. The number of nitrogens with two attached hydrogens (primary N) is 2. The molecule has 6 nitrogen and oxygen atoms in total. The molecule has 0 aliphatic carbocycles. The molecule has 2 aromatic rings. The van der Waals surface area contributed by atoms with E-state index in [2.05, 4.69) is 15.0 Å². The fraction of sp³-hybridized carbons (Fsp3) is 0.0833. The molecule has 0 saturated heterocycles. The highest BCUT2D eigenvalue weighted by Crippen LogP contribution is 2.20. The van der Waals surface area contributed by atoms with E-state index in [1.54, 1.807) is 13.3 Å². The smallest absolute Gasteiger partial charge is 0.192 e. The second kappa shape index (κ2) is 5.13. The monoisotopic (exact) mass is 243 g/mol. The molecule has 4 N–H and O–H groups in total. The maximum Gasteiger partial charge on any atom is 0.192 e. The molecule has 0 aliphatic heterocycles. The number of aliphatic imine (C=N–C) groups is 1. The average molecular weight is 243 g/mol. The van der Waals surface area contributed by atoms with Crippen LogP contribution in [0.4, 0.5) is 5.82 Å². The van der Waals surface area contributed by atoms with Gasteiger partial charge in [0.05, 0.1) is 25.2 Å². The maximum absolute atomic E-state index is 5.25. The summed E-state index contributed by atoms with van der Waals surface area (Å²) < 4.78 is 5.09. The van der Waals surface area contributed by atoms with Crippen LogP contribution in [0.25, 0.3) is 11.3 Å². The normalized spacial score (nSPS) is 9.83. The first-order chi connectivity index (χ1) is 8.69. The largest absolute Gasteiger partial charge is 0.497 e. The molecule has 0 spiro atoms. The highest BCUT2D eigenvalue weighted by molar-refractivity contribution is 5.78. The van der Waals surface area contributed by atoms with Crippen molar-refractivity contribution >= 4 is 11.8 Å².